The number of carbonyl (C=O) groups is 1. The summed E-state index contributed by atoms with van der Waals surface area (Å²) in [7, 11) is -4.36. The lowest BCUT2D eigenvalue weighted by atomic mass is 9.80. The predicted molar refractivity (Wildman–Crippen MR) is 127 cm³/mol. The fourth-order valence-electron chi connectivity index (χ4n) is 5.17. The van der Waals surface area contributed by atoms with E-state index in [0.717, 1.165) is 34.8 Å². The number of hydrogen-bond donors (Lipinski definition) is 1. The van der Waals surface area contributed by atoms with E-state index >= 15 is 0 Å². The first kappa shape index (κ1) is 28.3. The van der Waals surface area contributed by atoms with Crippen LogP contribution in [0.15, 0.2) is 41.4 Å². The molecule has 13 heteroatoms. The molecule has 4 rings (SSSR count). The molecule has 3 atom stereocenters. The van der Waals surface area contributed by atoms with Crippen molar-refractivity contribution in [3.63, 3.8) is 0 Å². The summed E-state index contributed by atoms with van der Waals surface area (Å²) in [5.74, 6) is -3.92. The van der Waals surface area contributed by atoms with Gasteiger partial charge in [-0.15, -0.1) is 0 Å². The second-order valence-corrected chi connectivity index (χ2v) is 11.6. The summed E-state index contributed by atoms with van der Waals surface area (Å²) in [6.07, 6.45) is -5.01. The Hall–Kier alpha value is -2.67. The number of sulfonamides is 1. The van der Waals surface area contributed by atoms with E-state index in [2.05, 4.69) is 10.3 Å². The normalized spacial score (nSPS) is 26.9. The Labute approximate surface area is 218 Å². The van der Waals surface area contributed by atoms with E-state index in [-0.39, 0.29) is 50.0 Å². The zero-order valence-corrected chi connectivity index (χ0v) is 21.2. The molecule has 1 aliphatic carbocycles. The number of aromatic nitrogens is 1. The highest BCUT2D eigenvalue weighted by Gasteiger charge is 2.49. The average molecular weight is 566 g/mol. The van der Waals surface area contributed by atoms with Crippen LogP contribution in [0.1, 0.15) is 57.6 Å². The SMILES string of the molecule is C[C@H]1[C@H](F)C[C@@H](C(=O)NCc2cc(C3CCC(C(F)(F)F)CC3)ncc2F)N1S(=O)(=O)c1ccc(F)cc1.[HH]. The van der Waals surface area contributed by atoms with Gasteiger partial charge in [-0.25, -0.2) is 21.6 Å². The Morgan fingerprint density at radius 3 is 2.37 bits per heavy atom. The summed E-state index contributed by atoms with van der Waals surface area (Å²) in [4.78, 5) is 16.7. The largest absolute Gasteiger partial charge is 0.391 e. The van der Waals surface area contributed by atoms with Gasteiger partial charge in [0, 0.05) is 31.6 Å². The van der Waals surface area contributed by atoms with Crippen molar-refractivity contribution in [2.75, 3.05) is 0 Å². The fraction of sp³-hybridized carbons (Fsp3) is 0.520. The van der Waals surface area contributed by atoms with Crippen molar-refractivity contribution in [3.8, 4) is 0 Å². The summed E-state index contributed by atoms with van der Waals surface area (Å²) >= 11 is 0. The van der Waals surface area contributed by atoms with E-state index in [1.807, 2.05) is 0 Å². The monoisotopic (exact) mass is 565 g/mol. The third-order valence-electron chi connectivity index (χ3n) is 7.39. The number of alkyl halides is 4. The number of rotatable bonds is 6. The number of nitrogens with zero attached hydrogens (tertiary/aromatic N) is 2. The highest BCUT2D eigenvalue weighted by molar-refractivity contribution is 7.89. The predicted octanol–water partition coefficient (Wildman–Crippen LogP) is 5.25. The third-order valence-corrected chi connectivity index (χ3v) is 9.40. The molecule has 1 aliphatic heterocycles. The lowest BCUT2D eigenvalue weighted by molar-refractivity contribution is -0.182. The Morgan fingerprint density at radius 1 is 1.13 bits per heavy atom. The number of pyridine rings is 1. The van der Waals surface area contributed by atoms with Crippen LogP contribution in [-0.4, -0.2) is 48.0 Å². The quantitative estimate of drug-likeness (QED) is 0.486. The molecule has 0 bridgehead atoms. The van der Waals surface area contributed by atoms with E-state index in [1.165, 1.54) is 13.0 Å². The highest BCUT2D eigenvalue weighted by atomic mass is 32.2. The Balaban J connectivity index is 0.00000420. The molecule has 1 saturated carbocycles. The Bertz CT molecular complexity index is 1270. The zero-order valence-electron chi connectivity index (χ0n) is 20.4. The maximum absolute atomic E-state index is 14.6. The van der Waals surface area contributed by atoms with Crippen molar-refractivity contribution >= 4 is 15.9 Å². The molecule has 1 aromatic heterocycles. The topological polar surface area (TPSA) is 79.4 Å². The lowest BCUT2D eigenvalue weighted by Gasteiger charge is -2.29. The molecule has 0 unspecified atom stereocenters. The van der Waals surface area contributed by atoms with Crippen LogP contribution in [0.4, 0.5) is 26.3 Å². The first-order valence-corrected chi connectivity index (χ1v) is 13.6. The lowest BCUT2D eigenvalue weighted by Crippen LogP contribution is -2.48. The molecule has 2 aromatic rings. The van der Waals surface area contributed by atoms with Crippen molar-refractivity contribution in [1.82, 2.24) is 14.6 Å². The molecule has 1 aromatic carbocycles. The average Bonchev–Trinajstić information content (AvgIpc) is 3.18. The molecule has 1 saturated heterocycles. The summed E-state index contributed by atoms with van der Waals surface area (Å²) in [6.45, 7) is 0.964. The standard InChI is InChI=1S/C25H27F6N3O3S.H2/c1-14-20(27)11-23(34(14)38(36,37)19-8-6-18(26)7-9-19)24(35)33-12-16-10-22(32-13-21(16)28)15-2-4-17(5-3-15)25(29,30)31;/h6-10,13-15,17,20,23H,2-5,11-12H2,1H3,(H,33,35);1H/t14-,15?,17?,20+,23-;/m0./s1. The summed E-state index contributed by atoms with van der Waals surface area (Å²) in [5, 5.41) is 2.45. The van der Waals surface area contributed by atoms with Crippen molar-refractivity contribution in [3.05, 3.63) is 59.4 Å². The smallest absolute Gasteiger partial charge is 0.351 e. The molecular weight excluding hydrogens is 536 g/mol. The van der Waals surface area contributed by atoms with Gasteiger partial charge < -0.3 is 5.32 Å². The van der Waals surface area contributed by atoms with Gasteiger partial charge in [-0.2, -0.15) is 17.5 Å². The minimum absolute atomic E-state index is 0. The van der Waals surface area contributed by atoms with Gasteiger partial charge in [-0.1, -0.05) is 0 Å². The molecular formula is C25H29F6N3O3S. The summed E-state index contributed by atoms with van der Waals surface area (Å²) in [6, 6.07) is 2.72. The molecule has 210 valence electrons. The van der Waals surface area contributed by atoms with Crippen LogP contribution in [0.5, 0.6) is 0 Å². The van der Waals surface area contributed by atoms with Gasteiger partial charge in [0.15, 0.2) is 0 Å². The van der Waals surface area contributed by atoms with Gasteiger partial charge in [0.05, 0.1) is 23.1 Å². The van der Waals surface area contributed by atoms with Crippen molar-refractivity contribution in [1.29, 1.82) is 0 Å². The first-order chi connectivity index (χ1) is 17.8. The second-order valence-electron chi connectivity index (χ2n) is 9.81. The number of nitrogens with one attached hydrogen (secondary N) is 1. The van der Waals surface area contributed by atoms with Crippen LogP contribution in [0.3, 0.4) is 0 Å². The molecule has 1 N–H and O–H groups in total. The number of hydrogen-bond acceptors (Lipinski definition) is 4. The minimum atomic E-state index is -4.36. The van der Waals surface area contributed by atoms with Crippen molar-refractivity contribution < 1.29 is 41.0 Å². The van der Waals surface area contributed by atoms with Gasteiger partial charge in [-0.05, 0) is 62.9 Å². The van der Waals surface area contributed by atoms with E-state index < -0.39 is 64.3 Å². The molecule has 2 fully saturated rings. The number of benzene rings is 1. The van der Waals surface area contributed by atoms with Gasteiger partial charge in [-0.3, -0.25) is 9.78 Å². The summed E-state index contributed by atoms with van der Waals surface area (Å²) < 4.78 is 108. The van der Waals surface area contributed by atoms with Crippen molar-refractivity contribution in [2.45, 2.75) is 80.8 Å². The van der Waals surface area contributed by atoms with Crippen molar-refractivity contribution in [2.24, 2.45) is 5.92 Å². The fourth-order valence-corrected chi connectivity index (χ4v) is 6.98. The maximum atomic E-state index is 14.6. The molecule has 1 amide bonds. The maximum Gasteiger partial charge on any atom is 0.391 e. The molecule has 6 nitrogen and oxygen atoms in total. The van der Waals surface area contributed by atoms with E-state index in [0.29, 0.717) is 5.69 Å². The van der Waals surface area contributed by atoms with E-state index in [1.54, 1.807) is 0 Å². The molecule has 2 aliphatic rings. The molecule has 38 heavy (non-hydrogen) atoms. The van der Waals surface area contributed by atoms with Crippen LogP contribution in [0.25, 0.3) is 0 Å². The van der Waals surface area contributed by atoms with Gasteiger partial charge in [0.1, 0.15) is 23.8 Å². The van der Waals surface area contributed by atoms with Crippen LogP contribution < -0.4 is 5.32 Å². The zero-order chi connectivity index (χ0) is 27.8. The summed E-state index contributed by atoms with van der Waals surface area (Å²) in [5.41, 5.74) is 0.437. The molecule has 0 spiro atoms. The van der Waals surface area contributed by atoms with Gasteiger partial charge >= 0.3 is 6.18 Å². The molecule has 0 radical (unpaired) electrons. The number of carbonyl (C=O) groups excluding carboxylic acids is 1. The first-order valence-electron chi connectivity index (χ1n) is 12.2. The number of amides is 1. The number of halogens is 6. The molecule has 2 heterocycles. The van der Waals surface area contributed by atoms with Gasteiger partial charge in [0.25, 0.3) is 0 Å². The second kappa shape index (κ2) is 10.8. The minimum Gasteiger partial charge on any atom is -0.351 e. The van der Waals surface area contributed by atoms with E-state index in [4.69, 9.17) is 0 Å². The van der Waals surface area contributed by atoms with Crippen LogP contribution in [-0.2, 0) is 21.4 Å². The van der Waals surface area contributed by atoms with Gasteiger partial charge in [0.2, 0.25) is 15.9 Å². The third kappa shape index (κ3) is 5.83. The van der Waals surface area contributed by atoms with Crippen LogP contribution in [0, 0.1) is 17.6 Å². The Morgan fingerprint density at radius 2 is 1.76 bits per heavy atom. The van der Waals surface area contributed by atoms with E-state index in [9.17, 15) is 39.6 Å². The van der Waals surface area contributed by atoms with Crippen LogP contribution >= 0.6 is 0 Å². The highest BCUT2D eigenvalue weighted by Crippen LogP contribution is 2.42. The Kier molecular flexibility index (Phi) is 8.08. The van der Waals surface area contributed by atoms with Crippen LogP contribution in [0.2, 0.25) is 0 Å².